The van der Waals surface area contributed by atoms with Crippen LogP contribution in [0, 0.1) is 6.92 Å². The second-order valence-electron chi connectivity index (χ2n) is 5.06. The van der Waals surface area contributed by atoms with Crippen molar-refractivity contribution in [1.82, 2.24) is 9.88 Å². The Hall–Kier alpha value is -2.14. The predicted molar refractivity (Wildman–Crippen MR) is 76.2 cm³/mol. The van der Waals surface area contributed by atoms with E-state index >= 15 is 0 Å². The average molecular weight is 271 g/mol. The molecule has 1 aliphatic rings. The van der Waals surface area contributed by atoms with Crippen LogP contribution in [-0.2, 0) is 11.3 Å². The lowest BCUT2D eigenvalue weighted by Gasteiger charge is -2.15. The van der Waals surface area contributed by atoms with Gasteiger partial charge < -0.3 is 15.4 Å². The smallest absolute Gasteiger partial charge is 0.410 e. The van der Waals surface area contributed by atoms with Crippen LogP contribution in [0.3, 0.4) is 0 Å². The molecule has 1 atom stereocenters. The first kappa shape index (κ1) is 12.9. The Kier molecular flexibility index (Phi) is 3.28. The Morgan fingerprint density at radius 1 is 1.45 bits per heavy atom. The topological polar surface area (TPSA) is 68.4 Å². The van der Waals surface area contributed by atoms with Crippen molar-refractivity contribution in [3.8, 4) is 0 Å². The Labute approximate surface area is 117 Å². The highest BCUT2D eigenvalue weighted by Crippen LogP contribution is 2.22. The minimum atomic E-state index is -0.293. The van der Waals surface area contributed by atoms with Crippen LogP contribution in [0.25, 0.3) is 10.9 Å². The summed E-state index contributed by atoms with van der Waals surface area (Å²) in [4.78, 5) is 18.0. The molecule has 3 rings (SSSR count). The van der Waals surface area contributed by atoms with Gasteiger partial charge in [-0.1, -0.05) is 18.2 Å². The lowest BCUT2D eigenvalue weighted by Crippen LogP contribution is -2.27. The van der Waals surface area contributed by atoms with E-state index in [9.17, 15) is 4.79 Å². The minimum absolute atomic E-state index is 0.198. The van der Waals surface area contributed by atoms with E-state index in [1.54, 1.807) is 4.90 Å². The molecule has 2 heterocycles. The number of nitrogens with two attached hydrogens (primary N) is 1. The van der Waals surface area contributed by atoms with Crippen LogP contribution in [0.4, 0.5) is 4.79 Å². The van der Waals surface area contributed by atoms with Crippen molar-refractivity contribution in [3.63, 3.8) is 0 Å². The second kappa shape index (κ2) is 5.09. The highest BCUT2D eigenvalue weighted by atomic mass is 16.6. The number of fused-ring (bicyclic) bond motifs is 1. The van der Waals surface area contributed by atoms with Gasteiger partial charge in [-0.25, -0.2) is 4.79 Å². The molecule has 1 unspecified atom stereocenters. The van der Waals surface area contributed by atoms with E-state index in [2.05, 4.69) is 4.98 Å². The summed E-state index contributed by atoms with van der Waals surface area (Å²) in [5, 5.41) is 1.07. The number of rotatable bonds is 3. The summed E-state index contributed by atoms with van der Waals surface area (Å²) in [6.07, 6.45) is -0.490. The Bertz CT molecular complexity index is 657. The lowest BCUT2D eigenvalue weighted by atomic mass is 10.1. The van der Waals surface area contributed by atoms with E-state index in [1.165, 1.54) is 0 Å². The zero-order valence-corrected chi connectivity index (χ0v) is 11.4. The number of nitrogens with zero attached hydrogens (tertiary/aromatic N) is 2. The number of aromatic nitrogens is 1. The number of carbonyl (C=O) groups is 1. The van der Waals surface area contributed by atoms with Crippen LogP contribution >= 0.6 is 0 Å². The van der Waals surface area contributed by atoms with E-state index in [-0.39, 0.29) is 12.2 Å². The lowest BCUT2D eigenvalue weighted by molar-refractivity contribution is 0.134. The van der Waals surface area contributed by atoms with Gasteiger partial charge in [-0.3, -0.25) is 4.98 Å². The first-order valence-electron chi connectivity index (χ1n) is 6.68. The fourth-order valence-electron chi connectivity index (χ4n) is 2.56. The molecular formula is C15H17N3O2. The number of pyridine rings is 1. The van der Waals surface area contributed by atoms with Gasteiger partial charge in [0.15, 0.2) is 0 Å². The van der Waals surface area contributed by atoms with Crippen molar-refractivity contribution in [2.75, 3.05) is 13.1 Å². The van der Waals surface area contributed by atoms with Gasteiger partial charge in [-0.2, -0.15) is 0 Å². The molecule has 104 valence electrons. The van der Waals surface area contributed by atoms with Crippen LogP contribution in [-0.4, -0.2) is 35.2 Å². The van der Waals surface area contributed by atoms with Gasteiger partial charge in [0.1, 0.15) is 6.10 Å². The van der Waals surface area contributed by atoms with E-state index in [0.29, 0.717) is 19.6 Å². The number of hydrogen-bond acceptors (Lipinski definition) is 4. The molecule has 2 aromatic rings. The van der Waals surface area contributed by atoms with E-state index in [1.807, 2.05) is 37.3 Å². The molecule has 1 fully saturated rings. The maximum atomic E-state index is 11.8. The summed E-state index contributed by atoms with van der Waals surface area (Å²) in [7, 11) is 0. The summed E-state index contributed by atoms with van der Waals surface area (Å²) in [5.41, 5.74) is 8.53. The quantitative estimate of drug-likeness (QED) is 0.924. The van der Waals surface area contributed by atoms with Gasteiger partial charge in [-0.05, 0) is 24.6 Å². The molecule has 5 heteroatoms. The highest BCUT2D eigenvalue weighted by molar-refractivity contribution is 5.82. The summed E-state index contributed by atoms with van der Waals surface area (Å²) >= 11 is 0. The molecule has 20 heavy (non-hydrogen) atoms. The molecule has 2 N–H and O–H groups in total. The number of hydrogen-bond donors (Lipinski definition) is 1. The molecule has 0 saturated carbocycles. The van der Waals surface area contributed by atoms with Crippen molar-refractivity contribution >= 4 is 17.0 Å². The number of amides is 1. The molecule has 1 aromatic heterocycles. The molecule has 1 aliphatic heterocycles. The van der Waals surface area contributed by atoms with Gasteiger partial charge in [0.05, 0.1) is 12.1 Å². The zero-order valence-electron chi connectivity index (χ0n) is 11.4. The van der Waals surface area contributed by atoms with Crippen LogP contribution in [0.2, 0.25) is 0 Å². The SMILES string of the molecule is Cc1cc(CN2CC(CN)OC2=O)c2ccccc2n1. The predicted octanol–water partition coefficient (Wildman–Crippen LogP) is 1.82. The third-order valence-corrected chi connectivity index (χ3v) is 3.50. The van der Waals surface area contributed by atoms with Crippen molar-refractivity contribution in [1.29, 1.82) is 0 Å². The molecule has 1 saturated heterocycles. The highest BCUT2D eigenvalue weighted by Gasteiger charge is 2.30. The second-order valence-corrected chi connectivity index (χ2v) is 5.06. The van der Waals surface area contributed by atoms with Crippen LogP contribution in [0.5, 0.6) is 0 Å². The molecular weight excluding hydrogens is 254 g/mol. The van der Waals surface area contributed by atoms with E-state index in [0.717, 1.165) is 22.2 Å². The van der Waals surface area contributed by atoms with Crippen molar-refractivity contribution in [3.05, 3.63) is 41.6 Å². The molecule has 0 radical (unpaired) electrons. The number of ether oxygens (including phenoxy) is 1. The average Bonchev–Trinajstić information content (AvgIpc) is 2.79. The normalized spacial score (nSPS) is 18.6. The van der Waals surface area contributed by atoms with Gasteiger partial charge in [0.25, 0.3) is 0 Å². The fraction of sp³-hybridized carbons (Fsp3) is 0.333. The van der Waals surface area contributed by atoms with E-state index in [4.69, 9.17) is 10.5 Å². The number of cyclic esters (lactones) is 1. The maximum absolute atomic E-state index is 11.8. The Morgan fingerprint density at radius 3 is 3.00 bits per heavy atom. The molecule has 5 nitrogen and oxygen atoms in total. The molecule has 0 aliphatic carbocycles. The van der Waals surface area contributed by atoms with E-state index < -0.39 is 0 Å². The van der Waals surface area contributed by atoms with Crippen molar-refractivity contribution < 1.29 is 9.53 Å². The molecule has 0 bridgehead atoms. The Morgan fingerprint density at radius 2 is 2.25 bits per heavy atom. The number of aryl methyl sites for hydroxylation is 1. The first-order valence-corrected chi connectivity index (χ1v) is 6.68. The molecule has 1 aromatic carbocycles. The zero-order chi connectivity index (χ0) is 14.1. The van der Waals surface area contributed by atoms with Gasteiger partial charge >= 0.3 is 6.09 Å². The summed E-state index contributed by atoms with van der Waals surface area (Å²) in [6, 6.07) is 9.97. The number of para-hydroxylation sites is 1. The standard InChI is InChI=1S/C15H17N3O2/c1-10-6-11(13-4-2-3-5-14(13)17-10)8-18-9-12(7-16)20-15(18)19/h2-6,12H,7-9,16H2,1H3. The maximum Gasteiger partial charge on any atom is 0.410 e. The van der Waals surface area contributed by atoms with Crippen LogP contribution in [0.1, 0.15) is 11.3 Å². The summed E-state index contributed by atoms with van der Waals surface area (Å²) in [6.45, 7) is 3.39. The summed E-state index contributed by atoms with van der Waals surface area (Å²) in [5.74, 6) is 0. The van der Waals surface area contributed by atoms with Crippen LogP contribution < -0.4 is 5.73 Å². The molecule has 0 spiro atoms. The van der Waals surface area contributed by atoms with Crippen molar-refractivity contribution in [2.24, 2.45) is 5.73 Å². The third-order valence-electron chi connectivity index (χ3n) is 3.50. The van der Waals surface area contributed by atoms with Crippen LogP contribution in [0.15, 0.2) is 30.3 Å². The fourth-order valence-corrected chi connectivity index (χ4v) is 2.56. The van der Waals surface area contributed by atoms with Gasteiger partial charge in [0, 0.05) is 24.2 Å². The molecule has 1 amide bonds. The minimum Gasteiger partial charge on any atom is -0.443 e. The monoisotopic (exact) mass is 271 g/mol. The van der Waals surface area contributed by atoms with Gasteiger partial charge in [0.2, 0.25) is 0 Å². The largest absolute Gasteiger partial charge is 0.443 e. The van der Waals surface area contributed by atoms with Gasteiger partial charge in [-0.15, -0.1) is 0 Å². The third kappa shape index (κ3) is 2.32. The Balaban J connectivity index is 1.93. The first-order chi connectivity index (χ1) is 9.67. The number of carbonyl (C=O) groups excluding carboxylic acids is 1. The van der Waals surface area contributed by atoms with Crippen molar-refractivity contribution in [2.45, 2.75) is 19.6 Å². The summed E-state index contributed by atoms with van der Waals surface area (Å²) < 4.78 is 5.18. The number of benzene rings is 1.